The van der Waals surface area contributed by atoms with E-state index in [1.54, 1.807) is 0 Å². The first-order valence-corrected chi connectivity index (χ1v) is 7.09. The first-order chi connectivity index (χ1) is 9.24. The minimum absolute atomic E-state index is 0.597. The minimum Gasteiger partial charge on any atom is -0.330 e. The van der Waals surface area contributed by atoms with E-state index >= 15 is 0 Å². The van der Waals surface area contributed by atoms with E-state index in [1.165, 1.54) is 16.3 Å². The average molecular weight is 256 g/mol. The summed E-state index contributed by atoms with van der Waals surface area (Å²) >= 11 is 0. The molecule has 0 fully saturated rings. The summed E-state index contributed by atoms with van der Waals surface area (Å²) in [6.45, 7) is 5.04. The van der Waals surface area contributed by atoms with Crippen LogP contribution < -0.4 is 5.73 Å². The summed E-state index contributed by atoms with van der Waals surface area (Å²) in [5, 5.41) is 2.68. The molecule has 2 rings (SSSR count). The van der Waals surface area contributed by atoms with Crippen LogP contribution in [0, 0.1) is 5.92 Å². The molecule has 0 saturated heterocycles. The Bertz CT molecular complexity index is 512. The zero-order valence-electron chi connectivity index (χ0n) is 12.0. The third kappa shape index (κ3) is 3.55. The summed E-state index contributed by atoms with van der Waals surface area (Å²) < 4.78 is 0. The van der Waals surface area contributed by atoms with Crippen LogP contribution in [-0.4, -0.2) is 25.0 Å². The Morgan fingerprint density at radius 2 is 1.84 bits per heavy atom. The lowest BCUT2D eigenvalue weighted by Crippen LogP contribution is -2.29. The highest BCUT2D eigenvalue weighted by atomic mass is 15.1. The zero-order valence-corrected chi connectivity index (χ0v) is 12.0. The molecule has 2 nitrogen and oxygen atoms in total. The van der Waals surface area contributed by atoms with Gasteiger partial charge < -0.3 is 10.6 Å². The molecule has 19 heavy (non-hydrogen) atoms. The summed E-state index contributed by atoms with van der Waals surface area (Å²) in [4.78, 5) is 2.38. The molecule has 2 heteroatoms. The zero-order chi connectivity index (χ0) is 13.7. The molecule has 0 aromatic heterocycles. The van der Waals surface area contributed by atoms with E-state index < -0.39 is 0 Å². The fraction of sp³-hybridized carbons (Fsp3) is 0.412. The molecule has 0 amide bonds. The van der Waals surface area contributed by atoms with Crippen molar-refractivity contribution >= 4 is 10.8 Å². The van der Waals surface area contributed by atoms with Gasteiger partial charge in [0.05, 0.1) is 0 Å². The molecule has 102 valence electrons. The van der Waals surface area contributed by atoms with Crippen molar-refractivity contribution in [1.82, 2.24) is 4.90 Å². The number of nitrogens with two attached hydrogens (primary N) is 1. The maximum Gasteiger partial charge on any atom is 0.0236 e. The number of benzene rings is 2. The van der Waals surface area contributed by atoms with E-state index in [0.29, 0.717) is 5.92 Å². The van der Waals surface area contributed by atoms with Gasteiger partial charge in [-0.25, -0.2) is 0 Å². The smallest absolute Gasteiger partial charge is 0.0236 e. The molecule has 2 aromatic rings. The number of hydrogen-bond acceptors (Lipinski definition) is 2. The van der Waals surface area contributed by atoms with E-state index in [1.807, 2.05) is 0 Å². The van der Waals surface area contributed by atoms with Gasteiger partial charge in [0.25, 0.3) is 0 Å². The van der Waals surface area contributed by atoms with Crippen LogP contribution >= 0.6 is 0 Å². The lowest BCUT2D eigenvalue weighted by molar-refractivity contribution is 0.268. The molecule has 0 aliphatic rings. The summed E-state index contributed by atoms with van der Waals surface area (Å²) in [7, 11) is 2.18. The first-order valence-electron chi connectivity index (χ1n) is 7.09. The minimum atomic E-state index is 0.597. The fourth-order valence-corrected chi connectivity index (χ4v) is 2.60. The average Bonchev–Trinajstić information content (AvgIpc) is 2.45. The number of rotatable bonds is 6. The van der Waals surface area contributed by atoms with E-state index in [2.05, 4.69) is 61.3 Å². The van der Waals surface area contributed by atoms with Crippen LogP contribution in [0.3, 0.4) is 0 Å². The van der Waals surface area contributed by atoms with Gasteiger partial charge in [-0.1, -0.05) is 55.8 Å². The van der Waals surface area contributed by atoms with Crippen molar-refractivity contribution in [2.45, 2.75) is 19.9 Å². The van der Waals surface area contributed by atoms with E-state index in [0.717, 1.165) is 26.1 Å². The van der Waals surface area contributed by atoms with Crippen molar-refractivity contribution in [3.63, 3.8) is 0 Å². The SMILES string of the molecule is CCC(CN)CN(C)Cc1cccc2ccccc12. The second-order valence-corrected chi connectivity index (χ2v) is 5.34. The lowest BCUT2D eigenvalue weighted by Gasteiger charge is -2.22. The van der Waals surface area contributed by atoms with Crippen LogP contribution in [0.25, 0.3) is 10.8 Å². The quantitative estimate of drug-likeness (QED) is 0.859. The summed E-state index contributed by atoms with van der Waals surface area (Å²) in [6.07, 6.45) is 1.15. The highest BCUT2D eigenvalue weighted by Crippen LogP contribution is 2.20. The van der Waals surface area contributed by atoms with Crippen molar-refractivity contribution < 1.29 is 0 Å². The Labute approximate surface area is 116 Å². The molecule has 0 radical (unpaired) electrons. The largest absolute Gasteiger partial charge is 0.330 e. The van der Waals surface area contributed by atoms with Gasteiger partial charge in [0.15, 0.2) is 0 Å². The van der Waals surface area contributed by atoms with Gasteiger partial charge in [0.1, 0.15) is 0 Å². The lowest BCUT2D eigenvalue weighted by atomic mass is 10.0. The molecule has 2 aromatic carbocycles. The Hall–Kier alpha value is -1.38. The van der Waals surface area contributed by atoms with Gasteiger partial charge >= 0.3 is 0 Å². The highest BCUT2D eigenvalue weighted by molar-refractivity contribution is 5.85. The Kier molecular flexibility index (Phi) is 4.94. The van der Waals surface area contributed by atoms with E-state index in [4.69, 9.17) is 5.73 Å². The van der Waals surface area contributed by atoms with Gasteiger partial charge in [-0.3, -0.25) is 0 Å². The summed E-state index contributed by atoms with van der Waals surface area (Å²) in [6, 6.07) is 15.1. The molecule has 1 unspecified atom stereocenters. The Morgan fingerprint density at radius 1 is 1.11 bits per heavy atom. The standard InChI is InChI=1S/C17H24N2/c1-3-14(11-18)12-19(2)13-16-9-6-8-15-7-4-5-10-17(15)16/h4-10,14H,3,11-13,18H2,1-2H3. The van der Waals surface area contributed by atoms with Crippen molar-refractivity contribution in [2.75, 3.05) is 20.1 Å². The van der Waals surface area contributed by atoms with Crippen molar-refractivity contribution in [3.8, 4) is 0 Å². The third-order valence-electron chi connectivity index (χ3n) is 3.80. The maximum atomic E-state index is 5.79. The second-order valence-electron chi connectivity index (χ2n) is 5.34. The van der Waals surface area contributed by atoms with Crippen LogP contribution in [-0.2, 0) is 6.54 Å². The molecular formula is C17H24N2. The van der Waals surface area contributed by atoms with Crippen LogP contribution in [0.2, 0.25) is 0 Å². The molecule has 2 N–H and O–H groups in total. The van der Waals surface area contributed by atoms with Crippen molar-refractivity contribution in [2.24, 2.45) is 11.7 Å². The van der Waals surface area contributed by atoms with Gasteiger partial charge in [0.2, 0.25) is 0 Å². The molecule has 1 atom stereocenters. The van der Waals surface area contributed by atoms with Gasteiger partial charge in [-0.15, -0.1) is 0 Å². The molecular weight excluding hydrogens is 232 g/mol. The summed E-state index contributed by atoms with van der Waals surface area (Å²) in [5.74, 6) is 0.597. The number of fused-ring (bicyclic) bond motifs is 1. The third-order valence-corrected chi connectivity index (χ3v) is 3.80. The van der Waals surface area contributed by atoms with E-state index in [-0.39, 0.29) is 0 Å². The molecule has 0 spiro atoms. The number of hydrogen-bond donors (Lipinski definition) is 1. The van der Waals surface area contributed by atoms with Crippen LogP contribution in [0.1, 0.15) is 18.9 Å². The van der Waals surface area contributed by atoms with Crippen molar-refractivity contribution in [3.05, 3.63) is 48.0 Å². The van der Waals surface area contributed by atoms with Crippen LogP contribution in [0.4, 0.5) is 0 Å². The van der Waals surface area contributed by atoms with E-state index in [9.17, 15) is 0 Å². The molecule has 0 aliphatic carbocycles. The molecule has 0 saturated carbocycles. The van der Waals surface area contributed by atoms with Crippen LogP contribution in [0.5, 0.6) is 0 Å². The van der Waals surface area contributed by atoms with Crippen LogP contribution in [0.15, 0.2) is 42.5 Å². The normalized spacial score (nSPS) is 13.1. The topological polar surface area (TPSA) is 29.3 Å². The molecule has 0 heterocycles. The van der Waals surface area contributed by atoms with Gasteiger partial charge in [-0.05, 0) is 35.8 Å². The maximum absolute atomic E-state index is 5.79. The fourth-order valence-electron chi connectivity index (χ4n) is 2.60. The van der Waals surface area contributed by atoms with Crippen molar-refractivity contribution in [1.29, 1.82) is 0 Å². The molecule has 0 aliphatic heterocycles. The monoisotopic (exact) mass is 256 g/mol. The highest BCUT2D eigenvalue weighted by Gasteiger charge is 2.09. The predicted octanol–water partition coefficient (Wildman–Crippen LogP) is 3.26. The number of nitrogens with zero attached hydrogens (tertiary/aromatic N) is 1. The predicted molar refractivity (Wildman–Crippen MR) is 83.1 cm³/mol. The molecule has 0 bridgehead atoms. The Morgan fingerprint density at radius 3 is 2.58 bits per heavy atom. The van der Waals surface area contributed by atoms with Gasteiger partial charge in [0, 0.05) is 13.1 Å². The Balaban J connectivity index is 2.12. The summed E-state index contributed by atoms with van der Waals surface area (Å²) in [5.41, 5.74) is 7.18. The van der Waals surface area contributed by atoms with Gasteiger partial charge in [-0.2, -0.15) is 0 Å². The second kappa shape index (κ2) is 6.69. The first kappa shape index (κ1) is 14.0.